The van der Waals surface area contributed by atoms with E-state index in [4.69, 9.17) is 5.26 Å². The number of benzene rings is 1. The van der Waals surface area contributed by atoms with Gasteiger partial charge in [-0.1, -0.05) is 23.4 Å². The third kappa shape index (κ3) is 2.84. The number of para-hydroxylation sites is 1. The molecular weight excluding hydrogens is 268 g/mol. The normalized spacial score (nSPS) is 17.5. The van der Waals surface area contributed by atoms with Gasteiger partial charge in [-0.25, -0.2) is 4.68 Å². The largest absolute Gasteiger partial charge is 0.310 e. The first-order valence-corrected chi connectivity index (χ1v) is 6.69. The minimum atomic E-state index is -0.175. The number of anilines is 1. The van der Waals surface area contributed by atoms with Crippen LogP contribution in [0.5, 0.6) is 0 Å². The van der Waals surface area contributed by atoms with Crippen LogP contribution in [-0.4, -0.2) is 38.9 Å². The molecule has 2 heterocycles. The average molecular weight is 282 g/mol. The molecule has 1 saturated heterocycles. The van der Waals surface area contributed by atoms with E-state index in [1.54, 1.807) is 15.8 Å². The van der Waals surface area contributed by atoms with Crippen LogP contribution in [0.25, 0.3) is 5.69 Å². The number of nitrogens with zero attached hydrogens (tertiary/aromatic N) is 5. The van der Waals surface area contributed by atoms with E-state index in [9.17, 15) is 4.79 Å². The molecule has 1 unspecified atom stereocenters. The van der Waals surface area contributed by atoms with Crippen molar-refractivity contribution in [2.45, 2.75) is 6.42 Å². The molecule has 0 bridgehead atoms. The van der Waals surface area contributed by atoms with Crippen molar-refractivity contribution < 1.29 is 4.79 Å². The molecule has 106 valence electrons. The highest BCUT2D eigenvalue weighted by atomic mass is 16.2. The summed E-state index contributed by atoms with van der Waals surface area (Å²) >= 11 is 0. The lowest BCUT2D eigenvalue weighted by atomic mass is 10.1. The second-order valence-corrected chi connectivity index (χ2v) is 4.90. The molecule has 1 aromatic heterocycles. The lowest BCUT2D eigenvalue weighted by Gasteiger charge is -2.08. The van der Waals surface area contributed by atoms with Crippen molar-refractivity contribution in [3.05, 3.63) is 36.5 Å². The zero-order valence-corrected chi connectivity index (χ0v) is 11.3. The summed E-state index contributed by atoms with van der Waals surface area (Å²) in [6.45, 7) is 1.10. The lowest BCUT2D eigenvalue weighted by molar-refractivity contribution is -0.119. The van der Waals surface area contributed by atoms with E-state index in [1.807, 2.05) is 30.3 Å². The first-order valence-electron chi connectivity index (χ1n) is 6.69. The number of aromatic nitrogens is 3. The Hall–Kier alpha value is -2.88. The molecule has 1 atom stereocenters. The Morgan fingerprint density at radius 2 is 2.19 bits per heavy atom. The van der Waals surface area contributed by atoms with Crippen molar-refractivity contribution in [1.82, 2.24) is 19.9 Å². The third-order valence-corrected chi connectivity index (χ3v) is 3.47. The molecule has 7 nitrogen and oxygen atoms in total. The number of nitrogens with one attached hydrogen (secondary N) is 1. The van der Waals surface area contributed by atoms with Crippen LogP contribution in [0.2, 0.25) is 0 Å². The number of nitriles is 1. The Kier molecular flexibility index (Phi) is 3.51. The van der Waals surface area contributed by atoms with Gasteiger partial charge in [-0.3, -0.25) is 4.79 Å². The van der Waals surface area contributed by atoms with E-state index in [2.05, 4.69) is 21.8 Å². The molecule has 0 aliphatic carbocycles. The number of likely N-dealkylation sites (tertiary alicyclic amines) is 1. The fraction of sp³-hybridized carbons (Fsp3) is 0.286. The summed E-state index contributed by atoms with van der Waals surface area (Å²) in [5, 5.41) is 19.5. The van der Waals surface area contributed by atoms with Gasteiger partial charge < -0.3 is 10.2 Å². The molecule has 0 spiro atoms. The molecule has 1 aromatic carbocycles. The number of hydrogen-bond acceptors (Lipinski definition) is 5. The van der Waals surface area contributed by atoms with Crippen LogP contribution in [0.1, 0.15) is 6.42 Å². The van der Waals surface area contributed by atoms with Crippen molar-refractivity contribution in [3.8, 4) is 11.9 Å². The van der Waals surface area contributed by atoms with E-state index in [1.165, 1.54) is 0 Å². The highest BCUT2D eigenvalue weighted by molar-refractivity contribution is 5.91. The van der Waals surface area contributed by atoms with Crippen molar-refractivity contribution in [2.24, 2.45) is 5.92 Å². The summed E-state index contributed by atoms with van der Waals surface area (Å²) in [4.78, 5) is 13.7. The maximum Gasteiger partial charge on any atom is 0.230 e. The van der Waals surface area contributed by atoms with E-state index >= 15 is 0 Å². The van der Waals surface area contributed by atoms with Gasteiger partial charge in [0.15, 0.2) is 12.0 Å². The van der Waals surface area contributed by atoms with Gasteiger partial charge in [0.25, 0.3) is 0 Å². The molecule has 0 saturated carbocycles. The fourth-order valence-electron chi connectivity index (χ4n) is 2.32. The van der Waals surface area contributed by atoms with Crippen LogP contribution in [-0.2, 0) is 4.79 Å². The molecule has 1 N–H and O–H groups in total. The molecule has 0 radical (unpaired) electrons. The summed E-state index contributed by atoms with van der Waals surface area (Å²) in [7, 11) is 0. The zero-order valence-electron chi connectivity index (χ0n) is 11.3. The molecule has 21 heavy (non-hydrogen) atoms. The Bertz CT molecular complexity index is 674. The predicted molar refractivity (Wildman–Crippen MR) is 75.3 cm³/mol. The summed E-state index contributed by atoms with van der Waals surface area (Å²) in [6, 6.07) is 9.54. The standard InChI is InChI=1S/C14H14N6O/c15-10-19-7-6-11(8-19)14(21)16-13-9-20(18-17-13)12-4-2-1-3-5-12/h1-5,9,11H,6-8H2,(H,16,21). The smallest absolute Gasteiger partial charge is 0.230 e. The summed E-state index contributed by atoms with van der Waals surface area (Å²) < 4.78 is 1.60. The SMILES string of the molecule is N#CN1CCC(C(=O)Nc2cn(-c3ccccc3)nn2)C1. The van der Waals surface area contributed by atoms with E-state index in [-0.39, 0.29) is 11.8 Å². The maximum absolute atomic E-state index is 12.1. The number of carbonyl (C=O) groups excluding carboxylic acids is 1. The van der Waals surface area contributed by atoms with Crippen LogP contribution in [0, 0.1) is 17.4 Å². The van der Waals surface area contributed by atoms with Crippen molar-refractivity contribution >= 4 is 11.7 Å². The monoisotopic (exact) mass is 282 g/mol. The van der Waals surface area contributed by atoms with Crippen LogP contribution in [0.4, 0.5) is 5.82 Å². The Morgan fingerprint density at radius 3 is 2.90 bits per heavy atom. The number of rotatable bonds is 3. The summed E-state index contributed by atoms with van der Waals surface area (Å²) in [6.07, 6.45) is 4.42. The highest BCUT2D eigenvalue weighted by Gasteiger charge is 2.28. The first kappa shape index (κ1) is 13.1. The molecule has 1 fully saturated rings. The van der Waals surface area contributed by atoms with Crippen LogP contribution in [0.3, 0.4) is 0 Å². The highest BCUT2D eigenvalue weighted by Crippen LogP contribution is 2.17. The lowest BCUT2D eigenvalue weighted by Crippen LogP contribution is -2.25. The van der Waals surface area contributed by atoms with Crippen LogP contribution < -0.4 is 5.32 Å². The predicted octanol–water partition coefficient (Wildman–Crippen LogP) is 1.01. The van der Waals surface area contributed by atoms with Gasteiger partial charge in [-0.2, -0.15) is 5.26 Å². The van der Waals surface area contributed by atoms with Gasteiger partial charge in [0.2, 0.25) is 5.91 Å². The van der Waals surface area contributed by atoms with E-state index < -0.39 is 0 Å². The second kappa shape index (κ2) is 5.63. The van der Waals surface area contributed by atoms with E-state index in [0.29, 0.717) is 25.3 Å². The minimum Gasteiger partial charge on any atom is -0.310 e. The molecule has 7 heteroatoms. The van der Waals surface area contributed by atoms with Crippen molar-refractivity contribution in [1.29, 1.82) is 5.26 Å². The maximum atomic E-state index is 12.1. The third-order valence-electron chi connectivity index (χ3n) is 3.47. The van der Waals surface area contributed by atoms with Crippen molar-refractivity contribution in [2.75, 3.05) is 18.4 Å². The van der Waals surface area contributed by atoms with Gasteiger partial charge in [0.1, 0.15) is 0 Å². The van der Waals surface area contributed by atoms with E-state index in [0.717, 1.165) is 5.69 Å². The van der Waals surface area contributed by atoms with Gasteiger partial charge in [-0.05, 0) is 18.6 Å². The van der Waals surface area contributed by atoms with Crippen LogP contribution in [0.15, 0.2) is 36.5 Å². The number of amides is 1. The Labute approximate surface area is 121 Å². The zero-order chi connectivity index (χ0) is 14.7. The second-order valence-electron chi connectivity index (χ2n) is 4.90. The van der Waals surface area contributed by atoms with Crippen LogP contribution >= 0.6 is 0 Å². The number of hydrogen-bond donors (Lipinski definition) is 1. The fourth-order valence-corrected chi connectivity index (χ4v) is 2.32. The topological polar surface area (TPSA) is 86.8 Å². The van der Waals surface area contributed by atoms with Gasteiger partial charge >= 0.3 is 0 Å². The number of carbonyl (C=O) groups is 1. The summed E-state index contributed by atoms with van der Waals surface area (Å²) in [5.74, 6) is 0.124. The Balaban J connectivity index is 1.65. The van der Waals surface area contributed by atoms with Gasteiger partial charge in [0.05, 0.1) is 17.8 Å². The molecule has 1 aliphatic rings. The molecule has 3 rings (SSSR count). The van der Waals surface area contributed by atoms with Gasteiger partial charge in [-0.15, -0.1) is 5.10 Å². The molecule has 1 aliphatic heterocycles. The van der Waals surface area contributed by atoms with Crippen molar-refractivity contribution in [3.63, 3.8) is 0 Å². The summed E-state index contributed by atoms with van der Waals surface area (Å²) in [5.41, 5.74) is 0.877. The molecular formula is C14H14N6O. The minimum absolute atomic E-state index is 0.118. The average Bonchev–Trinajstić information content (AvgIpc) is 3.17. The first-order chi connectivity index (χ1) is 10.3. The molecule has 1 amide bonds. The van der Waals surface area contributed by atoms with Gasteiger partial charge in [0, 0.05) is 13.1 Å². The molecule has 2 aromatic rings. The quantitative estimate of drug-likeness (QED) is 0.849. The Morgan fingerprint density at radius 1 is 1.38 bits per heavy atom.